The topological polar surface area (TPSA) is 58.6 Å². The number of carbonyl (C=O) groups is 1. The van der Waals surface area contributed by atoms with Crippen LogP contribution in [0.2, 0.25) is 0 Å². The van der Waals surface area contributed by atoms with Gasteiger partial charge in [0.25, 0.3) is 0 Å². The molecule has 2 N–H and O–H groups in total. The van der Waals surface area contributed by atoms with Gasteiger partial charge in [0.1, 0.15) is 0 Å². The van der Waals surface area contributed by atoms with Crippen LogP contribution >= 0.6 is 11.8 Å². The third-order valence-corrected chi connectivity index (χ3v) is 3.85. The van der Waals surface area contributed by atoms with Crippen molar-refractivity contribution in [1.82, 2.24) is 5.32 Å². The van der Waals surface area contributed by atoms with Gasteiger partial charge in [0.2, 0.25) is 5.91 Å². The molecule has 0 aromatic carbocycles. The predicted molar refractivity (Wildman–Crippen MR) is 65.6 cm³/mol. The second-order valence-electron chi connectivity index (χ2n) is 4.30. The lowest BCUT2D eigenvalue weighted by atomic mass is 10.0. The summed E-state index contributed by atoms with van der Waals surface area (Å²) in [7, 11) is 1.66. The molecule has 0 spiro atoms. The van der Waals surface area contributed by atoms with E-state index in [2.05, 4.69) is 5.32 Å². The summed E-state index contributed by atoms with van der Waals surface area (Å²) in [6, 6.07) is 0. The Hall–Kier alpha value is -0.260. The van der Waals surface area contributed by atoms with Gasteiger partial charge in [-0.15, -0.1) is 11.8 Å². The molecule has 5 heteroatoms. The number of methoxy groups -OCH3 is 1. The number of aliphatic hydroxyl groups is 1. The van der Waals surface area contributed by atoms with Gasteiger partial charge in [-0.2, -0.15) is 0 Å². The highest BCUT2D eigenvalue weighted by atomic mass is 32.2. The van der Waals surface area contributed by atoms with Crippen molar-refractivity contribution in [1.29, 1.82) is 0 Å². The van der Waals surface area contributed by atoms with Crippen molar-refractivity contribution in [2.75, 3.05) is 38.4 Å². The van der Waals surface area contributed by atoms with Crippen LogP contribution in [0.15, 0.2) is 0 Å². The molecule has 1 saturated carbocycles. The second-order valence-corrected chi connectivity index (χ2v) is 5.40. The van der Waals surface area contributed by atoms with Gasteiger partial charge in [0, 0.05) is 26.0 Å². The largest absolute Gasteiger partial charge is 0.396 e. The molecule has 1 aliphatic rings. The molecule has 0 aromatic heterocycles. The van der Waals surface area contributed by atoms with Crippen molar-refractivity contribution in [2.45, 2.75) is 19.3 Å². The fourth-order valence-corrected chi connectivity index (χ4v) is 2.29. The Bertz CT molecular complexity index is 219. The fourth-order valence-electron chi connectivity index (χ4n) is 1.57. The van der Waals surface area contributed by atoms with E-state index in [1.54, 1.807) is 18.9 Å². The average molecular weight is 247 g/mol. The maximum atomic E-state index is 11.4. The van der Waals surface area contributed by atoms with E-state index in [4.69, 9.17) is 9.84 Å². The Kier molecular flexibility index (Phi) is 6.16. The first-order chi connectivity index (χ1) is 7.72. The van der Waals surface area contributed by atoms with E-state index >= 15 is 0 Å². The summed E-state index contributed by atoms with van der Waals surface area (Å²) >= 11 is 1.58. The molecular weight excluding hydrogens is 226 g/mol. The number of rotatable bonds is 9. The molecule has 0 heterocycles. The minimum absolute atomic E-state index is 0.0883. The van der Waals surface area contributed by atoms with Gasteiger partial charge in [-0.25, -0.2) is 0 Å². The summed E-state index contributed by atoms with van der Waals surface area (Å²) in [5.41, 5.74) is 0.210. The van der Waals surface area contributed by atoms with Crippen molar-refractivity contribution in [2.24, 2.45) is 5.41 Å². The lowest BCUT2D eigenvalue weighted by molar-refractivity contribution is -0.118. The average Bonchev–Trinajstić information content (AvgIpc) is 3.03. The minimum Gasteiger partial charge on any atom is -0.396 e. The van der Waals surface area contributed by atoms with Crippen LogP contribution < -0.4 is 5.32 Å². The quantitative estimate of drug-likeness (QED) is 0.587. The van der Waals surface area contributed by atoms with Crippen molar-refractivity contribution in [3.8, 4) is 0 Å². The molecule has 0 bridgehead atoms. The first-order valence-electron chi connectivity index (χ1n) is 5.67. The molecule has 1 rings (SSSR count). The zero-order valence-corrected chi connectivity index (χ0v) is 10.6. The van der Waals surface area contributed by atoms with Crippen LogP contribution in [-0.4, -0.2) is 49.4 Å². The van der Waals surface area contributed by atoms with E-state index in [1.807, 2.05) is 0 Å². The van der Waals surface area contributed by atoms with Gasteiger partial charge in [-0.1, -0.05) is 0 Å². The number of thioether (sulfide) groups is 1. The summed E-state index contributed by atoms with van der Waals surface area (Å²) in [5.74, 6) is 1.44. The van der Waals surface area contributed by atoms with E-state index in [1.165, 1.54) is 0 Å². The van der Waals surface area contributed by atoms with Crippen LogP contribution in [0.1, 0.15) is 19.3 Å². The monoisotopic (exact) mass is 247 g/mol. The number of hydrogen-bond acceptors (Lipinski definition) is 4. The summed E-state index contributed by atoms with van der Waals surface area (Å²) in [6.45, 7) is 1.63. The van der Waals surface area contributed by atoms with E-state index in [0.717, 1.165) is 31.6 Å². The van der Waals surface area contributed by atoms with Gasteiger partial charge in [0.05, 0.1) is 12.4 Å². The molecule has 1 amide bonds. The van der Waals surface area contributed by atoms with Crippen LogP contribution in [0.5, 0.6) is 0 Å². The first kappa shape index (κ1) is 13.8. The highest BCUT2D eigenvalue weighted by Gasteiger charge is 2.41. The van der Waals surface area contributed by atoms with Crippen LogP contribution in [0, 0.1) is 5.41 Å². The van der Waals surface area contributed by atoms with Gasteiger partial charge >= 0.3 is 0 Å². The molecule has 0 aromatic rings. The SMILES string of the molecule is COCCSCC(=O)NCC1(CCO)CC1. The normalized spacial score (nSPS) is 17.1. The Labute approximate surface area is 101 Å². The zero-order valence-electron chi connectivity index (χ0n) is 9.83. The smallest absolute Gasteiger partial charge is 0.230 e. The fraction of sp³-hybridized carbons (Fsp3) is 0.909. The molecule has 1 aliphatic carbocycles. The summed E-state index contributed by atoms with van der Waals surface area (Å²) in [6.07, 6.45) is 3.07. The molecule has 4 nitrogen and oxygen atoms in total. The van der Waals surface area contributed by atoms with Crippen LogP contribution in [-0.2, 0) is 9.53 Å². The van der Waals surface area contributed by atoms with E-state index in [0.29, 0.717) is 12.4 Å². The van der Waals surface area contributed by atoms with E-state index < -0.39 is 0 Å². The summed E-state index contributed by atoms with van der Waals surface area (Å²) < 4.78 is 4.90. The molecule has 0 saturated heterocycles. The van der Waals surface area contributed by atoms with Gasteiger partial charge < -0.3 is 15.2 Å². The lowest BCUT2D eigenvalue weighted by Crippen LogP contribution is -2.32. The molecule has 0 unspecified atom stereocenters. The van der Waals surface area contributed by atoms with Gasteiger partial charge in [-0.05, 0) is 24.7 Å². The third kappa shape index (κ3) is 5.18. The van der Waals surface area contributed by atoms with Gasteiger partial charge in [0.15, 0.2) is 0 Å². The van der Waals surface area contributed by atoms with Crippen molar-refractivity contribution < 1.29 is 14.6 Å². The van der Waals surface area contributed by atoms with Crippen LogP contribution in [0.4, 0.5) is 0 Å². The van der Waals surface area contributed by atoms with Crippen LogP contribution in [0.3, 0.4) is 0 Å². The highest BCUT2D eigenvalue weighted by molar-refractivity contribution is 7.99. The molecule has 16 heavy (non-hydrogen) atoms. The maximum absolute atomic E-state index is 11.4. The summed E-state index contributed by atoms with van der Waals surface area (Å²) in [5, 5.41) is 11.8. The predicted octanol–water partition coefficient (Wildman–Crippen LogP) is 0.645. The first-order valence-corrected chi connectivity index (χ1v) is 6.82. The summed E-state index contributed by atoms with van der Waals surface area (Å²) in [4.78, 5) is 11.4. The van der Waals surface area contributed by atoms with Crippen LogP contribution in [0.25, 0.3) is 0 Å². The number of hydrogen-bond donors (Lipinski definition) is 2. The second kappa shape index (κ2) is 7.14. The third-order valence-electron chi connectivity index (χ3n) is 2.92. The number of nitrogens with one attached hydrogen (secondary N) is 1. The lowest BCUT2D eigenvalue weighted by Gasteiger charge is -2.14. The van der Waals surface area contributed by atoms with Crippen molar-refractivity contribution in [3.63, 3.8) is 0 Å². The molecule has 0 aliphatic heterocycles. The standard InChI is InChI=1S/C11H21NO3S/c1-15-6-7-16-8-10(14)12-9-11(2-3-11)4-5-13/h13H,2-9H2,1H3,(H,12,14). The molecular formula is C11H21NO3S. The van der Waals surface area contributed by atoms with Gasteiger partial charge in [-0.3, -0.25) is 4.79 Å². The molecule has 94 valence electrons. The Morgan fingerprint density at radius 3 is 2.88 bits per heavy atom. The molecule has 1 fully saturated rings. The number of amides is 1. The van der Waals surface area contributed by atoms with Crippen molar-refractivity contribution >= 4 is 17.7 Å². The zero-order chi connectivity index (χ0) is 11.9. The van der Waals surface area contributed by atoms with E-state index in [9.17, 15) is 4.79 Å². The van der Waals surface area contributed by atoms with E-state index in [-0.39, 0.29) is 17.9 Å². The Morgan fingerprint density at radius 2 is 2.31 bits per heavy atom. The Morgan fingerprint density at radius 1 is 1.56 bits per heavy atom. The number of aliphatic hydroxyl groups excluding tert-OH is 1. The number of carbonyl (C=O) groups excluding carboxylic acids is 1. The number of ether oxygens (including phenoxy) is 1. The van der Waals surface area contributed by atoms with Crippen molar-refractivity contribution in [3.05, 3.63) is 0 Å². The Balaban J connectivity index is 2.02. The minimum atomic E-state index is 0.0883. The molecule has 0 atom stereocenters. The highest BCUT2D eigenvalue weighted by Crippen LogP contribution is 2.47. The molecule has 0 radical (unpaired) electrons. The maximum Gasteiger partial charge on any atom is 0.230 e.